The van der Waals surface area contributed by atoms with Gasteiger partial charge in [-0.2, -0.15) is 13.2 Å². The number of hydrogen-bond donors (Lipinski definition) is 3. The molecule has 192 valence electrons. The van der Waals surface area contributed by atoms with E-state index in [1.54, 1.807) is 0 Å². The number of nitrogens with two attached hydrogens (primary N) is 2. The molecule has 0 saturated heterocycles. The van der Waals surface area contributed by atoms with Crippen molar-refractivity contribution in [1.29, 1.82) is 0 Å². The van der Waals surface area contributed by atoms with Crippen molar-refractivity contribution in [2.75, 3.05) is 13.1 Å². The van der Waals surface area contributed by atoms with Crippen LogP contribution in [0.1, 0.15) is 89.9 Å². The van der Waals surface area contributed by atoms with Crippen LogP contribution in [0, 0.1) is 11.8 Å². The average Bonchev–Trinajstić information content (AvgIpc) is 2.79. The summed E-state index contributed by atoms with van der Waals surface area (Å²) < 4.78 is 31.7. The van der Waals surface area contributed by atoms with Crippen LogP contribution in [-0.2, 0) is 14.4 Å². The van der Waals surface area contributed by atoms with Crippen LogP contribution in [0.4, 0.5) is 13.2 Å². The van der Waals surface area contributed by atoms with E-state index >= 15 is 0 Å². The van der Waals surface area contributed by atoms with Crippen LogP contribution >= 0.6 is 0 Å². The summed E-state index contributed by atoms with van der Waals surface area (Å²) in [5.74, 6) is -1.80. The maximum absolute atomic E-state index is 12.9. The first-order chi connectivity index (χ1) is 15.6. The van der Waals surface area contributed by atoms with E-state index in [0.29, 0.717) is 44.2 Å². The van der Waals surface area contributed by atoms with Crippen molar-refractivity contribution in [3.63, 3.8) is 0 Å². The van der Waals surface area contributed by atoms with Gasteiger partial charge in [0.15, 0.2) is 0 Å². The highest BCUT2D eigenvalue weighted by Gasteiger charge is 2.38. The average molecular weight is 480 g/mol. The number of nitrogens with zero attached hydrogens (tertiary/aromatic N) is 1. The molecule has 2 rings (SSSR count). The predicted octanol–water partition coefficient (Wildman–Crippen LogP) is 3.98. The smallest absolute Gasteiger partial charge is 0.475 e. The Labute approximate surface area is 194 Å². The monoisotopic (exact) mass is 479 g/mol. The van der Waals surface area contributed by atoms with Crippen LogP contribution in [0.15, 0.2) is 0 Å². The number of carboxylic acid groups (broad SMARTS) is 1. The molecule has 2 aliphatic rings. The lowest BCUT2D eigenvalue weighted by Gasteiger charge is -2.28. The maximum atomic E-state index is 12.9. The van der Waals surface area contributed by atoms with Crippen LogP contribution in [-0.4, -0.2) is 53.1 Å². The highest BCUT2D eigenvalue weighted by atomic mass is 19.4. The van der Waals surface area contributed by atoms with Gasteiger partial charge in [-0.05, 0) is 37.6 Å². The molecule has 0 aliphatic heterocycles. The van der Waals surface area contributed by atoms with Gasteiger partial charge in [0.25, 0.3) is 0 Å². The molecule has 0 unspecified atom stereocenters. The van der Waals surface area contributed by atoms with Gasteiger partial charge in [0, 0.05) is 13.0 Å². The van der Waals surface area contributed by atoms with Crippen molar-refractivity contribution in [2.24, 2.45) is 23.3 Å². The van der Waals surface area contributed by atoms with Gasteiger partial charge in [0.05, 0.1) is 6.04 Å². The van der Waals surface area contributed by atoms with Crippen molar-refractivity contribution in [2.45, 2.75) is 102 Å². The van der Waals surface area contributed by atoms with E-state index in [2.05, 4.69) is 0 Å². The number of halogens is 3. The van der Waals surface area contributed by atoms with E-state index in [0.717, 1.165) is 6.42 Å². The van der Waals surface area contributed by atoms with Gasteiger partial charge in [0.1, 0.15) is 0 Å². The van der Waals surface area contributed by atoms with Gasteiger partial charge in [-0.3, -0.25) is 14.5 Å². The maximum Gasteiger partial charge on any atom is 0.490 e. The molecule has 0 radical (unpaired) electrons. The number of alkyl halides is 3. The largest absolute Gasteiger partial charge is 0.490 e. The number of carbonyl (C=O) groups excluding carboxylic acids is 2. The van der Waals surface area contributed by atoms with Gasteiger partial charge in [-0.1, -0.05) is 64.2 Å². The second kappa shape index (κ2) is 15.3. The molecule has 0 heterocycles. The molecular weight excluding hydrogens is 439 g/mol. The molecule has 0 bridgehead atoms. The third-order valence-corrected chi connectivity index (χ3v) is 6.52. The Bertz CT molecular complexity index is 604. The van der Waals surface area contributed by atoms with Crippen molar-refractivity contribution >= 4 is 17.8 Å². The summed E-state index contributed by atoms with van der Waals surface area (Å²) in [6.45, 7) is 0.898. The fraction of sp³-hybridized carbons (Fsp3) is 0.870. The van der Waals surface area contributed by atoms with Crippen LogP contribution in [0.5, 0.6) is 0 Å². The third-order valence-electron chi connectivity index (χ3n) is 6.52. The Morgan fingerprint density at radius 2 is 1.42 bits per heavy atom. The number of rotatable bonds is 9. The first kappa shape index (κ1) is 29.4. The molecule has 2 saturated carbocycles. The molecule has 2 aliphatic carbocycles. The molecule has 5 N–H and O–H groups in total. The zero-order valence-electron chi connectivity index (χ0n) is 19.5. The highest BCUT2D eigenvalue weighted by Crippen LogP contribution is 2.29. The zero-order chi connectivity index (χ0) is 24.9. The van der Waals surface area contributed by atoms with Crippen LogP contribution < -0.4 is 11.5 Å². The summed E-state index contributed by atoms with van der Waals surface area (Å²) in [5.41, 5.74) is 11.8. The van der Waals surface area contributed by atoms with E-state index in [1.807, 2.05) is 0 Å². The summed E-state index contributed by atoms with van der Waals surface area (Å²) in [4.78, 5) is 35.9. The van der Waals surface area contributed by atoms with Crippen molar-refractivity contribution in [3.8, 4) is 0 Å². The van der Waals surface area contributed by atoms with E-state index < -0.39 is 18.2 Å². The summed E-state index contributed by atoms with van der Waals surface area (Å²) >= 11 is 0. The Hall–Kier alpha value is -1.68. The normalized spacial score (nSPS) is 18.7. The lowest BCUT2D eigenvalue weighted by molar-refractivity contribution is -0.192. The number of amides is 2. The molecule has 1 atom stereocenters. The van der Waals surface area contributed by atoms with Crippen molar-refractivity contribution < 1.29 is 32.7 Å². The summed E-state index contributed by atoms with van der Waals surface area (Å²) in [6.07, 6.45) is 10.1. The third kappa shape index (κ3) is 11.8. The Morgan fingerprint density at radius 1 is 0.939 bits per heavy atom. The minimum Gasteiger partial charge on any atom is -0.475 e. The van der Waals surface area contributed by atoms with Gasteiger partial charge >= 0.3 is 12.1 Å². The highest BCUT2D eigenvalue weighted by molar-refractivity contribution is 5.97. The Morgan fingerprint density at radius 3 is 1.88 bits per heavy atom. The number of carbonyl (C=O) groups is 3. The lowest BCUT2D eigenvalue weighted by atomic mass is 9.84. The van der Waals surface area contributed by atoms with E-state index in [9.17, 15) is 22.8 Å². The molecule has 0 aromatic heterocycles. The Balaban J connectivity index is 0.000000675. The fourth-order valence-corrected chi connectivity index (χ4v) is 4.63. The quantitative estimate of drug-likeness (QED) is 0.459. The lowest BCUT2D eigenvalue weighted by Crippen LogP contribution is -2.48. The molecule has 2 fully saturated rings. The molecule has 2 amide bonds. The van der Waals surface area contributed by atoms with E-state index in [1.165, 1.54) is 69.1 Å². The van der Waals surface area contributed by atoms with Crippen LogP contribution in [0.2, 0.25) is 0 Å². The standard InChI is InChI=1S/C21H39N3O2.C2HF3O2/c22-14-7-15-24(20(25)13-12-17-8-3-1-4-9-17)21(26)19(23)16-18-10-5-2-6-11-18;3-2(4,5)1(6)7/h17-19H,1-16,22-23H2;(H,6,7)/t19-;/m0./s1. The van der Waals surface area contributed by atoms with Crippen LogP contribution in [0.25, 0.3) is 0 Å². The van der Waals surface area contributed by atoms with E-state index in [-0.39, 0.29) is 11.8 Å². The minimum absolute atomic E-state index is 0.0480. The second-order valence-corrected chi connectivity index (χ2v) is 9.22. The van der Waals surface area contributed by atoms with Crippen molar-refractivity contribution in [1.82, 2.24) is 4.90 Å². The molecule has 7 nitrogen and oxygen atoms in total. The number of carboxylic acids is 1. The second-order valence-electron chi connectivity index (χ2n) is 9.22. The minimum atomic E-state index is -5.08. The molecule has 0 aromatic rings. The van der Waals surface area contributed by atoms with Gasteiger partial charge in [-0.25, -0.2) is 4.79 Å². The molecular formula is C23H40F3N3O4. The zero-order valence-corrected chi connectivity index (χ0v) is 19.5. The number of hydrogen-bond acceptors (Lipinski definition) is 5. The van der Waals surface area contributed by atoms with Gasteiger partial charge < -0.3 is 16.6 Å². The molecule has 33 heavy (non-hydrogen) atoms. The number of aliphatic carboxylic acids is 1. The summed E-state index contributed by atoms with van der Waals surface area (Å²) in [6, 6.07) is -0.547. The molecule has 0 spiro atoms. The SMILES string of the molecule is NCCCN(C(=O)CCC1CCCCC1)C(=O)[C@@H](N)CC1CCCCC1.O=C(O)C(F)(F)F. The van der Waals surface area contributed by atoms with Crippen molar-refractivity contribution in [3.05, 3.63) is 0 Å². The summed E-state index contributed by atoms with van der Waals surface area (Å²) in [7, 11) is 0. The molecule has 10 heteroatoms. The fourth-order valence-electron chi connectivity index (χ4n) is 4.63. The van der Waals surface area contributed by atoms with Gasteiger partial charge in [0.2, 0.25) is 11.8 Å². The Kier molecular flexibility index (Phi) is 13.6. The first-order valence-electron chi connectivity index (χ1n) is 12.2. The summed E-state index contributed by atoms with van der Waals surface area (Å²) in [5, 5.41) is 7.12. The molecule has 0 aromatic carbocycles. The topological polar surface area (TPSA) is 127 Å². The first-order valence-corrected chi connectivity index (χ1v) is 12.2. The van der Waals surface area contributed by atoms with E-state index in [4.69, 9.17) is 21.4 Å². The van der Waals surface area contributed by atoms with Gasteiger partial charge in [-0.15, -0.1) is 0 Å². The van der Waals surface area contributed by atoms with Crippen LogP contribution in [0.3, 0.4) is 0 Å². The predicted molar refractivity (Wildman–Crippen MR) is 119 cm³/mol. The number of imide groups is 1.